The number of rotatable bonds is 6. The summed E-state index contributed by atoms with van der Waals surface area (Å²) in [5, 5.41) is 0.358. The first-order valence-corrected chi connectivity index (χ1v) is 9.10. The summed E-state index contributed by atoms with van der Waals surface area (Å²) in [7, 11) is -3.58. The van der Waals surface area contributed by atoms with Crippen LogP contribution in [0, 0.1) is 6.92 Å². The smallest absolute Gasteiger partial charge is 0.240 e. The normalized spacial score (nSPS) is 13.5. The molecule has 0 radical (unpaired) electrons. The Kier molecular flexibility index (Phi) is 5.98. The Morgan fingerprint density at radius 1 is 1.47 bits per heavy atom. The molecule has 0 heterocycles. The highest BCUT2D eigenvalue weighted by atomic mass is 35.5. The van der Waals surface area contributed by atoms with Gasteiger partial charge in [0.25, 0.3) is 0 Å². The van der Waals surface area contributed by atoms with Gasteiger partial charge in [-0.1, -0.05) is 11.6 Å². The van der Waals surface area contributed by atoms with Crippen molar-refractivity contribution in [2.45, 2.75) is 31.2 Å². The Balaban J connectivity index is 2.95. The average molecular weight is 323 g/mol. The van der Waals surface area contributed by atoms with Crippen LogP contribution in [0.2, 0.25) is 5.02 Å². The molecule has 1 atom stereocenters. The van der Waals surface area contributed by atoms with Gasteiger partial charge in [-0.05, 0) is 50.0 Å². The van der Waals surface area contributed by atoms with Crippen LogP contribution >= 0.6 is 23.4 Å². The molecule has 4 nitrogen and oxygen atoms in total. The van der Waals surface area contributed by atoms with Crippen LogP contribution in [0.15, 0.2) is 17.0 Å². The summed E-state index contributed by atoms with van der Waals surface area (Å²) >= 11 is 7.65. The highest BCUT2D eigenvalue weighted by molar-refractivity contribution is 7.98. The van der Waals surface area contributed by atoms with Gasteiger partial charge < -0.3 is 5.73 Å². The maximum Gasteiger partial charge on any atom is 0.240 e. The van der Waals surface area contributed by atoms with Crippen LogP contribution in [-0.4, -0.2) is 26.5 Å². The Morgan fingerprint density at radius 2 is 2.11 bits per heavy atom. The van der Waals surface area contributed by atoms with Crippen molar-refractivity contribution in [3.63, 3.8) is 0 Å². The number of anilines is 1. The standard InChI is InChI=1S/C12H19ClN2O2S2/c1-8(4-5-18-3)15-19(16,17)10-6-11(13)9(2)12(14)7-10/h6-8,15H,4-5,14H2,1-3H3. The predicted molar refractivity (Wildman–Crippen MR) is 83.4 cm³/mol. The fourth-order valence-electron chi connectivity index (χ4n) is 1.52. The summed E-state index contributed by atoms with van der Waals surface area (Å²) in [5.41, 5.74) is 6.82. The third kappa shape index (κ3) is 4.56. The largest absolute Gasteiger partial charge is 0.398 e. The van der Waals surface area contributed by atoms with Crippen molar-refractivity contribution in [2.24, 2.45) is 0 Å². The second kappa shape index (κ2) is 6.83. The molecule has 0 amide bonds. The number of thioether (sulfide) groups is 1. The first kappa shape index (κ1) is 16.6. The molecule has 0 aliphatic carbocycles. The first-order chi connectivity index (χ1) is 8.77. The number of nitrogen functional groups attached to an aromatic ring is 1. The highest BCUT2D eigenvalue weighted by Crippen LogP contribution is 2.26. The van der Waals surface area contributed by atoms with E-state index in [1.807, 2.05) is 13.2 Å². The average Bonchev–Trinajstić information content (AvgIpc) is 2.32. The molecule has 0 fully saturated rings. The van der Waals surface area contributed by atoms with Crippen molar-refractivity contribution in [3.8, 4) is 0 Å². The van der Waals surface area contributed by atoms with E-state index in [1.54, 1.807) is 18.7 Å². The lowest BCUT2D eigenvalue weighted by Gasteiger charge is -2.15. The number of sulfonamides is 1. The number of nitrogens with two attached hydrogens (primary N) is 1. The maximum atomic E-state index is 12.2. The summed E-state index contributed by atoms with van der Waals surface area (Å²) in [4.78, 5) is 0.108. The van der Waals surface area contributed by atoms with E-state index < -0.39 is 10.0 Å². The molecular formula is C12H19ClN2O2S2. The third-order valence-corrected chi connectivity index (χ3v) is 5.39. The van der Waals surface area contributed by atoms with Crippen LogP contribution in [0.3, 0.4) is 0 Å². The van der Waals surface area contributed by atoms with Gasteiger partial charge in [0.1, 0.15) is 0 Å². The molecule has 108 valence electrons. The van der Waals surface area contributed by atoms with Crippen molar-refractivity contribution in [3.05, 3.63) is 22.7 Å². The van der Waals surface area contributed by atoms with Crippen LogP contribution in [-0.2, 0) is 10.0 Å². The molecule has 1 rings (SSSR count). The molecule has 1 unspecified atom stereocenters. The number of benzene rings is 1. The molecule has 19 heavy (non-hydrogen) atoms. The SMILES string of the molecule is CSCCC(C)NS(=O)(=O)c1cc(N)c(C)c(Cl)c1. The second-order valence-electron chi connectivity index (χ2n) is 4.42. The van der Waals surface area contributed by atoms with E-state index in [1.165, 1.54) is 12.1 Å². The Morgan fingerprint density at radius 3 is 2.63 bits per heavy atom. The van der Waals surface area contributed by atoms with Crippen molar-refractivity contribution in [1.29, 1.82) is 0 Å². The van der Waals surface area contributed by atoms with Gasteiger partial charge in [0.05, 0.1) is 4.90 Å². The molecule has 0 aliphatic heterocycles. The van der Waals surface area contributed by atoms with Gasteiger partial charge >= 0.3 is 0 Å². The van der Waals surface area contributed by atoms with E-state index >= 15 is 0 Å². The van der Waals surface area contributed by atoms with Gasteiger partial charge in [-0.15, -0.1) is 0 Å². The Hall–Kier alpha value is -0.430. The topological polar surface area (TPSA) is 72.2 Å². The van der Waals surface area contributed by atoms with Gasteiger partial charge in [-0.2, -0.15) is 11.8 Å². The lowest BCUT2D eigenvalue weighted by Crippen LogP contribution is -2.33. The molecule has 0 bridgehead atoms. The number of hydrogen-bond acceptors (Lipinski definition) is 4. The Bertz CT molecular complexity index is 524. The summed E-state index contributed by atoms with van der Waals surface area (Å²) in [5.74, 6) is 0.903. The molecule has 3 N–H and O–H groups in total. The highest BCUT2D eigenvalue weighted by Gasteiger charge is 2.19. The zero-order chi connectivity index (χ0) is 14.6. The minimum absolute atomic E-state index is 0.108. The zero-order valence-corrected chi connectivity index (χ0v) is 13.6. The van der Waals surface area contributed by atoms with Gasteiger partial charge in [-0.25, -0.2) is 13.1 Å². The summed E-state index contributed by atoms with van der Waals surface area (Å²) in [6, 6.07) is 2.74. The van der Waals surface area contributed by atoms with Crippen molar-refractivity contribution >= 4 is 39.1 Å². The van der Waals surface area contributed by atoms with E-state index in [4.69, 9.17) is 17.3 Å². The van der Waals surface area contributed by atoms with E-state index in [0.717, 1.165) is 12.2 Å². The van der Waals surface area contributed by atoms with Gasteiger partial charge in [-0.3, -0.25) is 0 Å². The molecular weight excluding hydrogens is 304 g/mol. The number of hydrogen-bond donors (Lipinski definition) is 2. The van der Waals surface area contributed by atoms with E-state index in [0.29, 0.717) is 16.3 Å². The first-order valence-electron chi connectivity index (χ1n) is 5.85. The van der Waals surface area contributed by atoms with Crippen LogP contribution in [0.4, 0.5) is 5.69 Å². The zero-order valence-electron chi connectivity index (χ0n) is 11.2. The number of nitrogens with one attached hydrogen (secondary N) is 1. The molecule has 0 saturated carbocycles. The third-order valence-electron chi connectivity index (χ3n) is 2.78. The lowest BCUT2D eigenvalue weighted by molar-refractivity contribution is 0.557. The summed E-state index contributed by atoms with van der Waals surface area (Å²) in [6.45, 7) is 3.59. The fraction of sp³-hybridized carbons (Fsp3) is 0.500. The summed E-state index contributed by atoms with van der Waals surface area (Å²) < 4.78 is 27.0. The second-order valence-corrected chi connectivity index (χ2v) is 7.53. The Labute approximate surface area is 124 Å². The molecule has 0 aliphatic rings. The lowest BCUT2D eigenvalue weighted by atomic mass is 10.2. The molecule has 1 aromatic rings. The molecule has 0 saturated heterocycles. The van der Waals surface area contributed by atoms with E-state index in [9.17, 15) is 8.42 Å². The van der Waals surface area contributed by atoms with Gasteiger partial charge in [0.2, 0.25) is 10.0 Å². The van der Waals surface area contributed by atoms with E-state index in [-0.39, 0.29) is 10.9 Å². The van der Waals surface area contributed by atoms with Crippen LogP contribution in [0.1, 0.15) is 18.9 Å². The number of halogens is 1. The monoisotopic (exact) mass is 322 g/mol. The van der Waals surface area contributed by atoms with Gasteiger partial charge in [0.15, 0.2) is 0 Å². The molecule has 1 aromatic carbocycles. The minimum Gasteiger partial charge on any atom is -0.398 e. The predicted octanol–water partition coefficient (Wildman–Crippen LogP) is 2.65. The molecule has 7 heteroatoms. The van der Waals surface area contributed by atoms with E-state index in [2.05, 4.69) is 4.72 Å². The molecule has 0 aromatic heterocycles. The van der Waals surface area contributed by atoms with Crippen molar-refractivity contribution in [1.82, 2.24) is 4.72 Å². The van der Waals surface area contributed by atoms with Crippen molar-refractivity contribution in [2.75, 3.05) is 17.7 Å². The van der Waals surface area contributed by atoms with Crippen LogP contribution in [0.5, 0.6) is 0 Å². The van der Waals surface area contributed by atoms with Gasteiger partial charge in [0, 0.05) is 16.8 Å². The summed E-state index contributed by atoms with van der Waals surface area (Å²) in [6.07, 6.45) is 2.76. The van der Waals surface area contributed by atoms with Crippen LogP contribution < -0.4 is 10.5 Å². The van der Waals surface area contributed by atoms with Crippen LogP contribution in [0.25, 0.3) is 0 Å². The molecule has 0 spiro atoms. The quantitative estimate of drug-likeness (QED) is 0.790. The minimum atomic E-state index is -3.58. The maximum absolute atomic E-state index is 12.2. The fourth-order valence-corrected chi connectivity index (χ4v) is 3.74. The van der Waals surface area contributed by atoms with Crippen molar-refractivity contribution < 1.29 is 8.42 Å².